The number of rotatable bonds is 7. The number of aryl methyl sites for hydroxylation is 1. The Morgan fingerprint density at radius 3 is 2.56 bits per heavy atom. The lowest BCUT2D eigenvalue weighted by Gasteiger charge is -2.17. The SMILES string of the molecule is NCc1cc(C(N)=O)ccc1-n1c(CCC(=O)O)ccc1-c1cc(Cl)cs1. The first-order chi connectivity index (χ1) is 12.9. The molecule has 27 heavy (non-hydrogen) atoms. The molecule has 0 saturated heterocycles. The van der Waals surface area contributed by atoms with E-state index in [4.69, 9.17) is 28.2 Å². The van der Waals surface area contributed by atoms with Gasteiger partial charge in [-0.25, -0.2) is 0 Å². The minimum atomic E-state index is -0.869. The summed E-state index contributed by atoms with van der Waals surface area (Å²) in [5, 5.41) is 11.5. The molecule has 3 rings (SSSR count). The first kappa shape index (κ1) is 19.2. The van der Waals surface area contributed by atoms with Crippen molar-refractivity contribution >= 4 is 34.8 Å². The molecule has 2 heterocycles. The summed E-state index contributed by atoms with van der Waals surface area (Å²) >= 11 is 7.58. The predicted molar refractivity (Wildman–Crippen MR) is 106 cm³/mol. The van der Waals surface area contributed by atoms with Crippen LogP contribution in [0.1, 0.15) is 28.0 Å². The molecule has 2 aromatic heterocycles. The van der Waals surface area contributed by atoms with E-state index in [2.05, 4.69) is 0 Å². The molecule has 0 unspecified atom stereocenters. The molecular formula is C19H18ClN3O3S. The number of nitrogens with two attached hydrogens (primary N) is 2. The van der Waals surface area contributed by atoms with E-state index in [1.54, 1.807) is 18.2 Å². The summed E-state index contributed by atoms with van der Waals surface area (Å²) < 4.78 is 1.97. The lowest BCUT2D eigenvalue weighted by Crippen LogP contribution is -2.14. The van der Waals surface area contributed by atoms with E-state index in [1.165, 1.54) is 11.3 Å². The van der Waals surface area contributed by atoms with Crippen molar-refractivity contribution in [3.8, 4) is 16.3 Å². The number of hydrogen-bond donors (Lipinski definition) is 3. The molecule has 0 aliphatic carbocycles. The molecular weight excluding hydrogens is 386 g/mol. The van der Waals surface area contributed by atoms with E-state index < -0.39 is 11.9 Å². The minimum Gasteiger partial charge on any atom is -0.481 e. The Morgan fingerprint density at radius 1 is 1.19 bits per heavy atom. The number of hydrogen-bond acceptors (Lipinski definition) is 4. The first-order valence-corrected chi connectivity index (χ1v) is 9.46. The topological polar surface area (TPSA) is 111 Å². The van der Waals surface area contributed by atoms with Crippen LogP contribution in [0.15, 0.2) is 41.8 Å². The zero-order valence-corrected chi connectivity index (χ0v) is 15.9. The number of carboxylic acids is 1. The Hall–Kier alpha value is -2.61. The van der Waals surface area contributed by atoms with Gasteiger partial charge in [0, 0.05) is 23.2 Å². The summed E-state index contributed by atoms with van der Waals surface area (Å²) in [6.07, 6.45) is 0.363. The Morgan fingerprint density at radius 2 is 1.96 bits per heavy atom. The molecule has 0 aliphatic rings. The van der Waals surface area contributed by atoms with Crippen LogP contribution in [0.5, 0.6) is 0 Å². The van der Waals surface area contributed by atoms with Gasteiger partial charge in [-0.1, -0.05) is 11.6 Å². The molecule has 8 heteroatoms. The number of amides is 1. The molecule has 0 aliphatic heterocycles. The van der Waals surface area contributed by atoms with Gasteiger partial charge in [0.25, 0.3) is 0 Å². The Balaban J connectivity index is 2.18. The van der Waals surface area contributed by atoms with Crippen molar-refractivity contribution in [2.75, 3.05) is 0 Å². The normalized spacial score (nSPS) is 10.9. The zero-order valence-electron chi connectivity index (χ0n) is 14.3. The number of carboxylic acid groups (broad SMARTS) is 1. The van der Waals surface area contributed by atoms with Crippen molar-refractivity contribution in [1.82, 2.24) is 4.57 Å². The molecule has 0 saturated carbocycles. The summed E-state index contributed by atoms with van der Waals surface area (Å²) in [7, 11) is 0. The number of carbonyl (C=O) groups is 2. The third-order valence-corrected chi connectivity index (χ3v) is 5.50. The van der Waals surface area contributed by atoms with Crippen LogP contribution in [0.3, 0.4) is 0 Å². The van der Waals surface area contributed by atoms with Gasteiger partial charge >= 0.3 is 5.97 Å². The van der Waals surface area contributed by atoms with Crippen LogP contribution in [0, 0.1) is 0 Å². The summed E-state index contributed by atoms with van der Waals surface area (Å²) in [5.74, 6) is -1.40. The molecule has 6 nitrogen and oxygen atoms in total. The number of benzene rings is 1. The highest BCUT2D eigenvalue weighted by molar-refractivity contribution is 7.14. The average molecular weight is 404 g/mol. The van der Waals surface area contributed by atoms with E-state index >= 15 is 0 Å². The standard InChI is InChI=1S/C19H18ClN3O3S/c20-13-8-17(27-10-13)16-5-2-14(3-6-18(24)25)23(16)15-4-1-11(19(22)26)7-12(15)9-21/h1-2,4-5,7-8,10H,3,6,9,21H2,(H2,22,26)(H,24,25). The fraction of sp³-hybridized carbons (Fsp3) is 0.158. The molecule has 0 spiro atoms. The maximum absolute atomic E-state index is 11.5. The number of thiophene rings is 1. The van der Waals surface area contributed by atoms with Crippen molar-refractivity contribution in [2.24, 2.45) is 11.5 Å². The van der Waals surface area contributed by atoms with Gasteiger partial charge in [-0.15, -0.1) is 11.3 Å². The average Bonchev–Trinajstić information content (AvgIpc) is 3.25. The monoisotopic (exact) mass is 403 g/mol. The molecule has 0 fully saturated rings. The summed E-state index contributed by atoms with van der Waals surface area (Å²) in [6, 6.07) is 10.8. The minimum absolute atomic E-state index is 0.00593. The van der Waals surface area contributed by atoms with E-state index in [9.17, 15) is 9.59 Å². The van der Waals surface area contributed by atoms with Crippen molar-refractivity contribution in [2.45, 2.75) is 19.4 Å². The van der Waals surface area contributed by atoms with Crippen LogP contribution in [-0.2, 0) is 17.8 Å². The highest BCUT2D eigenvalue weighted by Gasteiger charge is 2.17. The summed E-state index contributed by atoms with van der Waals surface area (Å²) in [6.45, 7) is 0.206. The molecule has 0 radical (unpaired) electrons. The van der Waals surface area contributed by atoms with E-state index in [1.807, 2.05) is 28.1 Å². The van der Waals surface area contributed by atoms with Gasteiger partial charge in [0.15, 0.2) is 0 Å². The van der Waals surface area contributed by atoms with Gasteiger partial charge < -0.3 is 21.1 Å². The second-order valence-electron chi connectivity index (χ2n) is 5.98. The number of halogens is 1. The highest BCUT2D eigenvalue weighted by Crippen LogP contribution is 2.34. The number of carbonyl (C=O) groups excluding carboxylic acids is 1. The van der Waals surface area contributed by atoms with Crippen molar-refractivity contribution in [3.05, 3.63) is 63.6 Å². The molecule has 1 aromatic carbocycles. The van der Waals surface area contributed by atoms with Crippen LogP contribution in [-0.4, -0.2) is 21.6 Å². The van der Waals surface area contributed by atoms with Crippen molar-refractivity contribution in [3.63, 3.8) is 0 Å². The predicted octanol–water partition coefficient (Wildman–Crippen LogP) is 3.43. The van der Waals surface area contributed by atoms with Gasteiger partial charge in [0.1, 0.15) is 0 Å². The molecule has 3 aromatic rings. The van der Waals surface area contributed by atoms with E-state index in [-0.39, 0.29) is 13.0 Å². The smallest absolute Gasteiger partial charge is 0.303 e. The van der Waals surface area contributed by atoms with Crippen molar-refractivity contribution < 1.29 is 14.7 Å². The fourth-order valence-corrected chi connectivity index (χ4v) is 4.04. The van der Waals surface area contributed by atoms with Crippen LogP contribution >= 0.6 is 22.9 Å². The first-order valence-electron chi connectivity index (χ1n) is 8.20. The van der Waals surface area contributed by atoms with Crippen LogP contribution in [0.4, 0.5) is 0 Å². The molecule has 1 amide bonds. The van der Waals surface area contributed by atoms with Crippen LogP contribution in [0.25, 0.3) is 16.3 Å². The van der Waals surface area contributed by atoms with Gasteiger partial charge in [-0.3, -0.25) is 9.59 Å². The highest BCUT2D eigenvalue weighted by atomic mass is 35.5. The largest absolute Gasteiger partial charge is 0.481 e. The lowest BCUT2D eigenvalue weighted by molar-refractivity contribution is -0.136. The van der Waals surface area contributed by atoms with E-state index in [0.717, 1.165) is 27.5 Å². The van der Waals surface area contributed by atoms with Gasteiger partial charge in [-0.2, -0.15) is 0 Å². The quantitative estimate of drug-likeness (QED) is 0.561. The lowest BCUT2D eigenvalue weighted by atomic mass is 10.1. The van der Waals surface area contributed by atoms with Crippen molar-refractivity contribution in [1.29, 1.82) is 0 Å². The van der Waals surface area contributed by atoms with Gasteiger partial charge in [-0.05, 0) is 48.4 Å². The second kappa shape index (κ2) is 7.96. The Kier molecular flexibility index (Phi) is 5.65. The summed E-state index contributed by atoms with van der Waals surface area (Å²) in [4.78, 5) is 23.5. The van der Waals surface area contributed by atoms with Crippen LogP contribution < -0.4 is 11.5 Å². The maximum Gasteiger partial charge on any atom is 0.303 e. The summed E-state index contributed by atoms with van der Waals surface area (Å²) in [5.41, 5.74) is 14.9. The fourth-order valence-electron chi connectivity index (χ4n) is 2.95. The third kappa shape index (κ3) is 4.05. The molecule has 5 N–H and O–H groups in total. The Labute approximate surface area is 165 Å². The molecule has 0 bridgehead atoms. The zero-order chi connectivity index (χ0) is 19.6. The maximum atomic E-state index is 11.5. The van der Waals surface area contributed by atoms with Gasteiger partial charge in [0.2, 0.25) is 5.91 Å². The number of aromatic nitrogens is 1. The number of aliphatic carboxylic acids is 1. The number of nitrogens with zero attached hydrogens (tertiary/aromatic N) is 1. The molecule has 0 atom stereocenters. The second-order valence-corrected chi connectivity index (χ2v) is 7.33. The molecule has 140 valence electrons. The third-order valence-electron chi connectivity index (χ3n) is 4.20. The van der Waals surface area contributed by atoms with Gasteiger partial charge in [0.05, 0.1) is 27.7 Å². The number of primary amides is 1. The van der Waals surface area contributed by atoms with E-state index in [0.29, 0.717) is 17.0 Å². The Bertz CT molecular complexity index is 1010. The van der Waals surface area contributed by atoms with Crippen LogP contribution in [0.2, 0.25) is 5.02 Å².